The van der Waals surface area contributed by atoms with Crippen LogP contribution in [0.15, 0.2) is 29.9 Å². The number of aromatic nitrogens is 2. The fourth-order valence-corrected chi connectivity index (χ4v) is 3.52. The first-order valence-electron chi connectivity index (χ1n) is 8.40. The molecule has 0 saturated carbocycles. The number of aryl methyl sites for hydroxylation is 1. The normalized spacial score (nSPS) is 20.7. The Kier molecular flexibility index (Phi) is 5.58. The molecule has 0 bridgehead atoms. The lowest BCUT2D eigenvalue weighted by atomic mass is 9.95. The molecule has 3 rings (SSSR count). The lowest BCUT2D eigenvalue weighted by Gasteiger charge is -2.32. The number of hydrogen-bond acceptors (Lipinski definition) is 5. The van der Waals surface area contributed by atoms with Gasteiger partial charge in [-0.25, -0.2) is 9.97 Å². The fourth-order valence-electron chi connectivity index (χ4n) is 2.81. The zero-order valence-corrected chi connectivity index (χ0v) is 14.8. The Morgan fingerprint density at radius 2 is 2.21 bits per heavy atom. The Hall–Kier alpha value is -1.79. The molecule has 2 aromatic rings. The first-order valence-corrected chi connectivity index (χ1v) is 9.28. The van der Waals surface area contributed by atoms with Gasteiger partial charge in [0.15, 0.2) is 5.82 Å². The molecule has 0 radical (unpaired) electrons. The highest BCUT2D eigenvalue weighted by Crippen LogP contribution is 2.32. The number of hydrogen-bond donors (Lipinski definition) is 1. The van der Waals surface area contributed by atoms with E-state index in [0.717, 1.165) is 43.7 Å². The highest BCUT2D eigenvalue weighted by Gasteiger charge is 2.32. The Bertz CT molecular complexity index is 649. The summed E-state index contributed by atoms with van der Waals surface area (Å²) in [6.07, 6.45) is 8.05. The van der Waals surface area contributed by atoms with E-state index in [4.69, 9.17) is 4.74 Å². The van der Waals surface area contributed by atoms with E-state index in [-0.39, 0.29) is 11.5 Å². The molecule has 2 aromatic heterocycles. The van der Waals surface area contributed by atoms with Gasteiger partial charge in [0.1, 0.15) is 5.60 Å². The molecule has 1 amide bonds. The van der Waals surface area contributed by atoms with Crippen LogP contribution in [0.3, 0.4) is 0 Å². The summed E-state index contributed by atoms with van der Waals surface area (Å²) in [4.78, 5) is 22.1. The van der Waals surface area contributed by atoms with Gasteiger partial charge in [0.25, 0.3) is 0 Å². The van der Waals surface area contributed by atoms with Crippen molar-refractivity contribution in [3.63, 3.8) is 0 Å². The number of nitrogens with zero attached hydrogens (tertiary/aromatic N) is 2. The number of rotatable bonds is 6. The number of nitrogens with one attached hydrogen (secondary N) is 1. The third kappa shape index (κ3) is 4.39. The first-order chi connectivity index (χ1) is 11.7. The van der Waals surface area contributed by atoms with Crippen LogP contribution >= 0.6 is 11.3 Å². The molecule has 1 fully saturated rings. The Balaban J connectivity index is 1.48. The smallest absolute Gasteiger partial charge is 0.220 e. The van der Waals surface area contributed by atoms with Crippen LogP contribution in [0.1, 0.15) is 48.9 Å². The van der Waals surface area contributed by atoms with Crippen LogP contribution in [0.2, 0.25) is 0 Å². The van der Waals surface area contributed by atoms with Crippen molar-refractivity contribution < 1.29 is 9.53 Å². The predicted octanol–water partition coefficient (Wildman–Crippen LogP) is 3.20. The van der Waals surface area contributed by atoms with Gasteiger partial charge in [-0.3, -0.25) is 4.79 Å². The highest BCUT2D eigenvalue weighted by atomic mass is 32.1. The molecule has 128 valence electrons. The van der Waals surface area contributed by atoms with Crippen LogP contribution in [0.5, 0.6) is 0 Å². The van der Waals surface area contributed by atoms with Crippen LogP contribution in [-0.4, -0.2) is 22.5 Å². The Labute approximate surface area is 146 Å². The zero-order valence-electron chi connectivity index (χ0n) is 14.0. The second-order valence-electron chi connectivity index (χ2n) is 6.31. The highest BCUT2D eigenvalue weighted by molar-refractivity contribution is 7.09. The number of ether oxygens (including phenoxy) is 1. The molecule has 1 saturated heterocycles. The van der Waals surface area contributed by atoms with E-state index in [9.17, 15) is 4.79 Å². The quantitative estimate of drug-likeness (QED) is 0.873. The van der Waals surface area contributed by atoms with E-state index in [2.05, 4.69) is 21.4 Å². The molecule has 1 aliphatic rings. The van der Waals surface area contributed by atoms with Crippen molar-refractivity contribution in [1.82, 2.24) is 15.3 Å². The number of amides is 1. The van der Waals surface area contributed by atoms with E-state index >= 15 is 0 Å². The molecule has 1 unspecified atom stereocenters. The molecule has 3 heterocycles. The molecule has 1 N–H and O–H groups in total. The summed E-state index contributed by atoms with van der Waals surface area (Å²) in [7, 11) is 0. The minimum Gasteiger partial charge on any atom is -0.367 e. The molecule has 5 nitrogen and oxygen atoms in total. The summed E-state index contributed by atoms with van der Waals surface area (Å²) in [5.74, 6) is 0.782. The van der Waals surface area contributed by atoms with Crippen molar-refractivity contribution in [2.24, 2.45) is 0 Å². The second-order valence-corrected chi connectivity index (χ2v) is 7.34. The predicted molar refractivity (Wildman–Crippen MR) is 93.7 cm³/mol. The van der Waals surface area contributed by atoms with Gasteiger partial charge in [0, 0.05) is 42.4 Å². The van der Waals surface area contributed by atoms with Crippen molar-refractivity contribution in [2.75, 3.05) is 6.61 Å². The summed E-state index contributed by atoms with van der Waals surface area (Å²) < 4.78 is 5.86. The lowest BCUT2D eigenvalue weighted by Crippen LogP contribution is -2.32. The van der Waals surface area contributed by atoms with E-state index in [0.29, 0.717) is 13.0 Å². The molecule has 24 heavy (non-hydrogen) atoms. The molecule has 6 heteroatoms. The summed E-state index contributed by atoms with van der Waals surface area (Å²) in [6.45, 7) is 3.27. The molecular formula is C18H23N3O2S. The maximum atomic E-state index is 11.9. The summed E-state index contributed by atoms with van der Waals surface area (Å²) >= 11 is 1.68. The van der Waals surface area contributed by atoms with Crippen molar-refractivity contribution >= 4 is 17.2 Å². The number of thiophene rings is 1. The van der Waals surface area contributed by atoms with Crippen molar-refractivity contribution in [3.05, 3.63) is 46.2 Å². The average molecular weight is 345 g/mol. The van der Waals surface area contributed by atoms with Crippen LogP contribution in [0.25, 0.3) is 0 Å². The summed E-state index contributed by atoms with van der Waals surface area (Å²) in [5.41, 5.74) is 0.531. The van der Waals surface area contributed by atoms with Gasteiger partial charge in [-0.05, 0) is 44.1 Å². The van der Waals surface area contributed by atoms with Gasteiger partial charge in [0.05, 0.1) is 0 Å². The topological polar surface area (TPSA) is 64.1 Å². The van der Waals surface area contributed by atoms with Gasteiger partial charge >= 0.3 is 0 Å². The zero-order chi connectivity index (χ0) is 16.8. The van der Waals surface area contributed by atoms with Gasteiger partial charge in [-0.15, -0.1) is 11.3 Å². The third-order valence-electron chi connectivity index (χ3n) is 4.32. The molecule has 0 spiro atoms. The van der Waals surface area contributed by atoms with Crippen molar-refractivity contribution in [2.45, 2.75) is 51.2 Å². The van der Waals surface area contributed by atoms with E-state index in [1.807, 2.05) is 18.4 Å². The first kappa shape index (κ1) is 17.0. The van der Waals surface area contributed by atoms with Crippen LogP contribution in [0.4, 0.5) is 0 Å². The Morgan fingerprint density at radius 1 is 1.38 bits per heavy atom. The SMILES string of the molecule is CC1(c2ncc(CNC(=O)CCc3cccs3)cn2)CCCCO1. The molecule has 1 aliphatic heterocycles. The molecule has 1 atom stereocenters. The summed E-state index contributed by atoms with van der Waals surface area (Å²) in [5, 5.41) is 4.95. The third-order valence-corrected chi connectivity index (χ3v) is 5.25. The van der Waals surface area contributed by atoms with Crippen LogP contribution in [0, 0.1) is 0 Å². The maximum absolute atomic E-state index is 11.9. The fraction of sp³-hybridized carbons (Fsp3) is 0.500. The molecular weight excluding hydrogens is 322 g/mol. The standard InChI is InChI=1S/C18H23N3O2S/c1-18(8-2-3-9-23-18)17-20-12-14(13-21-17)11-19-16(22)7-6-15-5-4-10-24-15/h4-5,10,12-13H,2-3,6-9,11H2,1H3,(H,19,22). The molecule has 0 aliphatic carbocycles. The van der Waals surface area contributed by atoms with Crippen LogP contribution < -0.4 is 5.32 Å². The molecule has 0 aromatic carbocycles. The number of carbonyl (C=O) groups is 1. The lowest BCUT2D eigenvalue weighted by molar-refractivity contribution is -0.121. The Morgan fingerprint density at radius 3 is 2.88 bits per heavy atom. The summed E-state index contributed by atoms with van der Waals surface area (Å²) in [6, 6.07) is 4.06. The van der Waals surface area contributed by atoms with Crippen molar-refractivity contribution in [1.29, 1.82) is 0 Å². The van der Waals surface area contributed by atoms with Crippen molar-refractivity contribution in [3.8, 4) is 0 Å². The van der Waals surface area contributed by atoms with E-state index < -0.39 is 0 Å². The minimum atomic E-state index is -0.374. The average Bonchev–Trinajstić information content (AvgIpc) is 3.13. The minimum absolute atomic E-state index is 0.0510. The van der Waals surface area contributed by atoms with E-state index in [1.54, 1.807) is 23.7 Å². The maximum Gasteiger partial charge on any atom is 0.220 e. The largest absolute Gasteiger partial charge is 0.367 e. The van der Waals surface area contributed by atoms with Gasteiger partial charge in [0.2, 0.25) is 5.91 Å². The second kappa shape index (κ2) is 7.85. The number of carbonyl (C=O) groups excluding carboxylic acids is 1. The van der Waals surface area contributed by atoms with E-state index in [1.165, 1.54) is 4.88 Å². The van der Waals surface area contributed by atoms with Gasteiger partial charge < -0.3 is 10.1 Å². The monoisotopic (exact) mass is 345 g/mol. The van der Waals surface area contributed by atoms with Gasteiger partial charge in [-0.1, -0.05) is 6.07 Å². The van der Waals surface area contributed by atoms with Crippen LogP contribution in [-0.2, 0) is 28.1 Å². The van der Waals surface area contributed by atoms with Gasteiger partial charge in [-0.2, -0.15) is 0 Å².